The molecule has 1 amide bonds. The molecule has 5 nitrogen and oxygen atoms in total. The lowest BCUT2D eigenvalue weighted by atomic mass is 9.97. The van der Waals surface area contributed by atoms with E-state index < -0.39 is 5.97 Å². The fourth-order valence-electron chi connectivity index (χ4n) is 3.72. The number of nitrogens with zero attached hydrogens (tertiary/aromatic N) is 1. The van der Waals surface area contributed by atoms with Crippen LogP contribution in [0.15, 0.2) is 23.6 Å². The molecule has 1 aliphatic heterocycles. The number of aryl methyl sites for hydroxylation is 2. The molecule has 1 saturated heterocycles. The summed E-state index contributed by atoms with van der Waals surface area (Å²) in [6, 6.07) is 6.56. The Morgan fingerprint density at radius 3 is 2.75 bits per heavy atom. The number of rotatable bonds is 5. The molecular weight excluding hydrogens is 372 g/mol. The quantitative estimate of drug-likeness (QED) is 0.744. The van der Waals surface area contributed by atoms with Crippen LogP contribution in [0.25, 0.3) is 11.1 Å². The van der Waals surface area contributed by atoms with E-state index in [9.17, 15) is 9.59 Å². The van der Waals surface area contributed by atoms with Crippen LogP contribution in [-0.2, 0) is 9.53 Å². The molecule has 6 heteroatoms. The number of hydrogen-bond acceptors (Lipinski definition) is 5. The molecule has 2 heterocycles. The third-order valence-electron chi connectivity index (χ3n) is 5.40. The number of methoxy groups -OCH3 is 1. The number of benzene rings is 1. The van der Waals surface area contributed by atoms with Gasteiger partial charge in [-0.05, 0) is 51.3 Å². The average Bonchev–Trinajstić information content (AvgIpc) is 3.08. The first-order valence-corrected chi connectivity index (χ1v) is 10.6. The highest BCUT2D eigenvalue weighted by atomic mass is 32.1. The molecule has 1 aromatic heterocycles. The third kappa shape index (κ3) is 4.45. The van der Waals surface area contributed by atoms with E-state index in [2.05, 4.69) is 23.2 Å². The molecule has 0 bridgehead atoms. The summed E-state index contributed by atoms with van der Waals surface area (Å²) in [6.45, 7) is 7.49. The molecule has 3 rings (SSSR count). The van der Waals surface area contributed by atoms with Crippen molar-refractivity contribution in [3.05, 3.63) is 40.3 Å². The number of nitrogens with one attached hydrogen (secondary N) is 1. The van der Waals surface area contributed by atoms with Gasteiger partial charge in [-0.25, -0.2) is 4.79 Å². The Morgan fingerprint density at radius 1 is 1.25 bits per heavy atom. The first-order chi connectivity index (χ1) is 13.4. The molecule has 150 valence electrons. The Morgan fingerprint density at radius 2 is 2.04 bits per heavy atom. The number of likely N-dealkylation sites (tertiary alicyclic amines) is 1. The maximum Gasteiger partial charge on any atom is 0.341 e. The van der Waals surface area contributed by atoms with Gasteiger partial charge in [-0.1, -0.05) is 30.2 Å². The zero-order valence-electron chi connectivity index (χ0n) is 17.0. The summed E-state index contributed by atoms with van der Waals surface area (Å²) < 4.78 is 5.02. The normalized spacial score (nSPS) is 17.4. The first-order valence-electron chi connectivity index (χ1n) is 9.72. The molecule has 1 N–H and O–H groups in total. The molecule has 2 aromatic rings. The number of ether oxygens (including phenoxy) is 1. The summed E-state index contributed by atoms with van der Waals surface area (Å²) >= 11 is 1.37. The lowest BCUT2D eigenvalue weighted by Crippen LogP contribution is -2.42. The van der Waals surface area contributed by atoms with Gasteiger partial charge in [0, 0.05) is 17.0 Å². The molecule has 0 saturated carbocycles. The predicted octanol–water partition coefficient (Wildman–Crippen LogP) is 4.63. The minimum atomic E-state index is -0.432. The van der Waals surface area contributed by atoms with E-state index in [0.29, 0.717) is 23.2 Å². The summed E-state index contributed by atoms with van der Waals surface area (Å²) in [4.78, 5) is 27.4. The lowest BCUT2D eigenvalue weighted by molar-refractivity contribution is -0.118. The zero-order chi connectivity index (χ0) is 20.3. The minimum Gasteiger partial charge on any atom is -0.465 e. The molecule has 1 aromatic carbocycles. The summed E-state index contributed by atoms with van der Waals surface area (Å²) in [5, 5.41) is 5.43. The summed E-state index contributed by atoms with van der Waals surface area (Å²) in [7, 11) is 1.37. The highest BCUT2D eigenvalue weighted by molar-refractivity contribution is 7.15. The number of amides is 1. The van der Waals surface area contributed by atoms with E-state index in [0.717, 1.165) is 41.6 Å². The lowest BCUT2D eigenvalue weighted by Gasteiger charge is -2.32. The Bertz CT molecular complexity index is 875. The van der Waals surface area contributed by atoms with Crippen LogP contribution in [0, 0.1) is 13.8 Å². The van der Waals surface area contributed by atoms with Crippen LogP contribution >= 0.6 is 11.3 Å². The number of esters is 1. The van der Waals surface area contributed by atoms with Crippen LogP contribution in [0.2, 0.25) is 0 Å². The number of thiophene rings is 1. The highest BCUT2D eigenvalue weighted by Crippen LogP contribution is 2.38. The van der Waals surface area contributed by atoms with Gasteiger partial charge in [-0.15, -0.1) is 11.3 Å². The second kappa shape index (κ2) is 8.88. The van der Waals surface area contributed by atoms with Gasteiger partial charge < -0.3 is 10.1 Å². The average molecular weight is 401 g/mol. The first kappa shape index (κ1) is 20.6. The second-order valence-corrected chi connectivity index (χ2v) is 8.41. The summed E-state index contributed by atoms with van der Waals surface area (Å²) in [5.41, 5.74) is 4.42. The maximum atomic E-state index is 12.7. The Kier molecular flexibility index (Phi) is 6.52. The SMILES string of the molecule is COC(=O)c1c(-c2cc(C)ccc2C)csc1NC(=O)CN1CCCCC1C. The minimum absolute atomic E-state index is 0.0896. The molecule has 0 radical (unpaired) electrons. The zero-order valence-corrected chi connectivity index (χ0v) is 17.8. The third-order valence-corrected chi connectivity index (χ3v) is 6.30. The van der Waals surface area contributed by atoms with Gasteiger partial charge in [0.2, 0.25) is 5.91 Å². The van der Waals surface area contributed by atoms with Crippen LogP contribution in [-0.4, -0.2) is 43.0 Å². The standard InChI is InChI=1S/C22H28N2O3S/c1-14-8-9-15(2)17(11-14)18-13-28-21(20(18)22(26)27-4)23-19(25)12-24-10-6-5-7-16(24)3/h8-9,11,13,16H,5-7,10,12H2,1-4H3,(H,23,25). The number of piperidine rings is 1. The van der Waals surface area contributed by atoms with E-state index in [4.69, 9.17) is 4.74 Å². The topological polar surface area (TPSA) is 58.6 Å². The predicted molar refractivity (Wildman–Crippen MR) is 114 cm³/mol. The monoisotopic (exact) mass is 400 g/mol. The van der Waals surface area contributed by atoms with Crippen LogP contribution < -0.4 is 5.32 Å². The van der Waals surface area contributed by atoms with Crippen molar-refractivity contribution in [2.24, 2.45) is 0 Å². The molecule has 0 aliphatic carbocycles. The van der Waals surface area contributed by atoms with Crippen LogP contribution in [0.1, 0.15) is 47.7 Å². The molecule has 1 fully saturated rings. The van der Waals surface area contributed by atoms with Crippen LogP contribution in [0.3, 0.4) is 0 Å². The fraction of sp³-hybridized carbons (Fsp3) is 0.455. The smallest absolute Gasteiger partial charge is 0.341 e. The van der Waals surface area contributed by atoms with Crippen molar-refractivity contribution < 1.29 is 14.3 Å². The van der Waals surface area contributed by atoms with Gasteiger partial charge in [-0.3, -0.25) is 9.69 Å². The Labute approximate surface area is 170 Å². The van der Waals surface area contributed by atoms with Crippen molar-refractivity contribution in [3.63, 3.8) is 0 Å². The van der Waals surface area contributed by atoms with Crippen molar-refractivity contribution in [2.45, 2.75) is 46.1 Å². The van der Waals surface area contributed by atoms with E-state index in [1.165, 1.54) is 24.9 Å². The summed E-state index contributed by atoms with van der Waals surface area (Å²) in [6.07, 6.45) is 3.47. The Hall–Kier alpha value is -2.18. The van der Waals surface area contributed by atoms with E-state index in [-0.39, 0.29) is 5.91 Å². The van der Waals surface area contributed by atoms with Crippen molar-refractivity contribution in [1.29, 1.82) is 0 Å². The second-order valence-electron chi connectivity index (χ2n) is 7.53. The van der Waals surface area contributed by atoms with E-state index >= 15 is 0 Å². The molecule has 1 atom stereocenters. The van der Waals surface area contributed by atoms with Gasteiger partial charge in [0.1, 0.15) is 10.6 Å². The van der Waals surface area contributed by atoms with Crippen molar-refractivity contribution in [3.8, 4) is 11.1 Å². The van der Waals surface area contributed by atoms with Gasteiger partial charge in [0.05, 0.1) is 13.7 Å². The van der Waals surface area contributed by atoms with Gasteiger partial charge in [-0.2, -0.15) is 0 Å². The van der Waals surface area contributed by atoms with E-state index in [1.54, 1.807) is 0 Å². The molecule has 1 unspecified atom stereocenters. The number of carbonyl (C=O) groups is 2. The molecular formula is C22H28N2O3S. The molecule has 28 heavy (non-hydrogen) atoms. The fourth-order valence-corrected chi connectivity index (χ4v) is 4.69. The van der Waals surface area contributed by atoms with Gasteiger partial charge in [0.25, 0.3) is 0 Å². The number of hydrogen-bond donors (Lipinski definition) is 1. The maximum absolute atomic E-state index is 12.7. The number of anilines is 1. The van der Waals surface area contributed by atoms with Crippen LogP contribution in [0.4, 0.5) is 5.00 Å². The summed E-state index contributed by atoms with van der Waals surface area (Å²) in [5.74, 6) is -0.521. The van der Waals surface area contributed by atoms with Gasteiger partial charge >= 0.3 is 5.97 Å². The molecule has 0 spiro atoms. The molecule has 1 aliphatic rings. The highest BCUT2D eigenvalue weighted by Gasteiger charge is 2.25. The largest absolute Gasteiger partial charge is 0.465 e. The van der Waals surface area contributed by atoms with Crippen molar-refractivity contribution in [2.75, 3.05) is 25.5 Å². The van der Waals surface area contributed by atoms with Gasteiger partial charge in [0.15, 0.2) is 0 Å². The van der Waals surface area contributed by atoms with Crippen LogP contribution in [0.5, 0.6) is 0 Å². The van der Waals surface area contributed by atoms with E-state index in [1.807, 2.05) is 31.4 Å². The Balaban J connectivity index is 1.87. The number of carbonyl (C=O) groups excluding carboxylic acids is 2. The van der Waals surface area contributed by atoms with Crippen molar-refractivity contribution >= 4 is 28.2 Å². The van der Waals surface area contributed by atoms with Crippen molar-refractivity contribution in [1.82, 2.24) is 4.90 Å².